The third-order valence-corrected chi connectivity index (χ3v) is 3.05. The number of nitrogens with two attached hydrogens (primary N) is 1. The largest absolute Gasteiger partial charge is 0.490 e. The summed E-state index contributed by atoms with van der Waals surface area (Å²) in [5.41, 5.74) is 6.61. The summed E-state index contributed by atoms with van der Waals surface area (Å²) in [6.07, 6.45) is 2.19. The van der Waals surface area contributed by atoms with Crippen LogP contribution in [-0.2, 0) is 0 Å². The number of aryl methyl sites for hydroxylation is 1. The smallest absolute Gasteiger partial charge is 0.137 e. The highest BCUT2D eigenvalue weighted by atomic mass is 16.5. The van der Waals surface area contributed by atoms with E-state index in [9.17, 15) is 0 Å². The van der Waals surface area contributed by atoms with Gasteiger partial charge in [-0.05, 0) is 38.0 Å². The molecule has 0 bridgehead atoms. The van der Waals surface area contributed by atoms with Gasteiger partial charge < -0.3 is 14.9 Å². The highest BCUT2D eigenvalue weighted by Crippen LogP contribution is 2.28. The van der Waals surface area contributed by atoms with Crippen molar-refractivity contribution in [3.63, 3.8) is 0 Å². The molecule has 3 nitrogen and oxygen atoms in total. The van der Waals surface area contributed by atoms with Gasteiger partial charge in [-0.1, -0.05) is 0 Å². The van der Waals surface area contributed by atoms with E-state index in [1.807, 2.05) is 31.2 Å². The van der Waals surface area contributed by atoms with Crippen LogP contribution in [0.1, 0.15) is 18.6 Å². The van der Waals surface area contributed by atoms with Crippen molar-refractivity contribution in [2.75, 3.05) is 0 Å². The first-order valence-electron chi connectivity index (χ1n) is 5.63. The minimum Gasteiger partial charge on any atom is -0.490 e. The average molecular weight is 217 g/mol. The van der Waals surface area contributed by atoms with Crippen molar-refractivity contribution >= 4 is 11.0 Å². The molecule has 1 aliphatic rings. The predicted molar refractivity (Wildman–Crippen MR) is 62.6 cm³/mol. The first-order chi connectivity index (χ1) is 7.70. The molecule has 0 saturated heterocycles. The van der Waals surface area contributed by atoms with Gasteiger partial charge in [-0.15, -0.1) is 0 Å². The average Bonchev–Trinajstić information content (AvgIpc) is 2.55. The normalized spacial score (nSPS) is 24.4. The van der Waals surface area contributed by atoms with E-state index in [1.54, 1.807) is 0 Å². The highest BCUT2D eigenvalue weighted by molar-refractivity contribution is 5.79. The standard InChI is InChI=1S/C13H15NO2/c1-8-4-9-2-3-11(7-13(9)15-8)16-12-5-10(14)6-12/h2-4,7,10,12H,5-6,14H2,1H3. The van der Waals surface area contributed by atoms with E-state index in [2.05, 4.69) is 0 Å². The molecule has 0 atom stereocenters. The Hall–Kier alpha value is -1.48. The maximum Gasteiger partial charge on any atom is 0.137 e. The molecule has 3 heteroatoms. The van der Waals surface area contributed by atoms with E-state index in [-0.39, 0.29) is 6.10 Å². The summed E-state index contributed by atoms with van der Waals surface area (Å²) in [6, 6.07) is 8.31. The molecule has 0 aliphatic heterocycles. The van der Waals surface area contributed by atoms with Gasteiger partial charge in [-0.25, -0.2) is 0 Å². The van der Waals surface area contributed by atoms with Gasteiger partial charge in [0.25, 0.3) is 0 Å². The second kappa shape index (κ2) is 3.52. The van der Waals surface area contributed by atoms with Gasteiger partial charge in [0.05, 0.1) is 0 Å². The Balaban J connectivity index is 1.82. The molecule has 3 rings (SSSR count). The van der Waals surface area contributed by atoms with E-state index in [1.165, 1.54) is 0 Å². The van der Waals surface area contributed by atoms with Gasteiger partial charge in [-0.3, -0.25) is 0 Å². The molecule has 16 heavy (non-hydrogen) atoms. The lowest BCUT2D eigenvalue weighted by atomic mass is 9.90. The summed E-state index contributed by atoms with van der Waals surface area (Å²) in [5.74, 6) is 1.80. The number of fused-ring (bicyclic) bond motifs is 1. The maximum atomic E-state index is 5.80. The number of benzene rings is 1. The first-order valence-corrected chi connectivity index (χ1v) is 5.63. The molecule has 1 aromatic carbocycles. The van der Waals surface area contributed by atoms with Crippen LogP contribution < -0.4 is 10.5 Å². The second-order valence-electron chi connectivity index (χ2n) is 4.53. The van der Waals surface area contributed by atoms with Crippen LogP contribution >= 0.6 is 0 Å². The molecule has 0 amide bonds. The topological polar surface area (TPSA) is 48.4 Å². The maximum absolute atomic E-state index is 5.80. The minimum atomic E-state index is 0.281. The van der Waals surface area contributed by atoms with Crippen LogP contribution in [0.4, 0.5) is 0 Å². The van der Waals surface area contributed by atoms with Crippen LogP contribution in [0.2, 0.25) is 0 Å². The molecule has 1 heterocycles. The van der Waals surface area contributed by atoms with Gasteiger partial charge >= 0.3 is 0 Å². The number of rotatable bonds is 2. The van der Waals surface area contributed by atoms with Gasteiger partial charge in [0.2, 0.25) is 0 Å². The van der Waals surface area contributed by atoms with E-state index in [0.29, 0.717) is 6.04 Å². The van der Waals surface area contributed by atoms with Crippen molar-refractivity contribution in [3.05, 3.63) is 30.0 Å². The van der Waals surface area contributed by atoms with Crippen molar-refractivity contribution in [3.8, 4) is 5.75 Å². The second-order valence-corrected chi connectivity index (χ2v) is 4.53. The van der Waals surface area contributed by atoms with E-state index >= 15 is 0 Å². The first kappa shape index (κ1) is 9.73. The highest BCUT2D eigenvalue weighted by Gasteiger charge is 2.27. The molecule has 2 aromatic rings. The Kier molecular flexibility index (Phi) is 2.14. The molecule has 0 radical (unpaired) electrons. The lowest BCUT2D eigenvalue weighted by Crippen LogP contribution is -2.43. The Labute approximate surface area is 94.2 Å². The number of hydrogen-bond acceptors (Lipinski definition) is 3. The van der Waals surface area contributed by atoms with Crippen molar-refractivity contribution in [1.29, 1.82) is 0 Å². The van der Waals surface area contributed by atoms with E-state index in [4.69, 9.17) is 14.9 Å². The molecular weight excluding hydrogens is 202 g/mol. The minimum absolute atomic E-state index is 0.281. The molecule has 1 fully saturated rings. The quantitative estimate of drug-likeness (QED) is 0.841. The molecule has 84 valence electrons. The van der Waals surface area contributed by atoms with Gasteiger partial charge in [0.1, 0.15) is 23.2 Å². The zero-order chi connectivity index (χ0) is 11.1. The van der Waals surface area contributed by atoms with Crippen LogP contribution in [-0.4, -0.2) is 12.1 Å². The number of furan rings is 1. The molecule has 1 saturated carbocycles. The summed E-state index contributed by atoms with van der Waals surface area (Å²) >= 11 is 0. The fraction of sp³-hybridized carbons (Fsp3) is 0.385. The molecule has 0 unspecified atom stereocenters. The molecule has 2 N–H and O–H groups in total. The fourth-order valence-corrected chi connectivity index (χ4v) is 2.11. The van der Waals surface area contributed by atoms with Crippen molar-refractivity contribution < 1.29 is 9.15 Å². The van der Waals surface area contributed by atoms with Crippen LogP contribution in [0.15, 0.2) is 28.7 Å². The van der Waals surface area contributed by atoms with Crippen LogP contribution in [0.3, 0.4) is 0 Å². The van der Waals surface area contributed by atoms with Crippen molar-refractivity contribution in [2.24, 2.45) is 5.73 Å². The van der Waals surface area contributed by atoms with E-state index < -0.39 is 0 Å². The Morgan fingerprint density at radius 3 is 2.88 bits per heavy atom. The summed E-state index contributed by atoms with van der Waals surface area (Å²) < 4.78 is 11.4. The zero-order valence-electron chi connectivity index (χ0n) is 9.27. The lowest BCUT2D eigenvalue weighted by molar-refractivity contribution is 0.101. The Morgan fingerprint density at radius 1 is 1.31 bits per heavy atom. The number of hydrogen-bond donors (Lipinski definition) is 1. The van der Waals surface area contributed by atoms with Crippen LogP contribution in [0.25, 0.3) is 11.0 Å². The fourth-order valence-electron chi connectivity index (χ4n) is 2.11. The third-order valence-electron chi connectivity index (χ3n) is 3.05. The van der Waals surface area contributed by atoms with Gasteiger partial charge in [0.15, 0.2) is 0 Å². The third kappa shape index (κ3) is 1.67. The summed E-state index contributed by atoms with van der Waals surface area (Å²) in [6.45, 7) is 1.95. The molecule has 1 aromatic heterocycles. The molecule has 0 spiro atoms. The van der Waals surface area contributed by atoms with Gasteiger partial charge in [0, 0.05) is 17.5 Å². The molecule has 1 aliphatic carbocycles. The lowest BCUT2D eigenvalue weighted by Gasteiger charge is -2.32. The van der Waals surface area contributed by atoms with E-state index in [0.717, 1.165) is 35.3 Å². The predicted octanol–water partition coefficient (Wildman–Crippen LogP) is 2.61. The summed E-state index contributed by atoms with van der Waals surface area (Å²) in [4.78, 5) is 0. The Morgan fingerprint density at radius 2 is 2.12 bits per heavy atom. The zero-order valence-corrected chi connectivity index (χ0v) is 9.27. The van der Waals surface area contributed by atoms with Crippen LogP contribution in [0, 0.1) is 6.92 Å². The SMILES string of the molecule is Cc1cc2ccc(OC3CC(N)C3)cc2o1. The number of ether oxygens (including phenoxy) is 1. The Bertz CT molecular complexity index is 512. The van der Waals surface area contributed by atoms with Crippen molar-refractivity contribution in [2.45, 2.75) is 31.9 Å². The van der Waals surface area contributed by atoms with Gasteiger partial charge in [-0.2, -0.15) is 0 Å². The summed E-state index contributed by atoms with van der Waals surface area (Å²) in [5, 5.41) is 1.12. The van der Waals surface area contributed by atoms with Crippen LogP contribution in [0.5, 0.6) is 5.75 Å². The monoisotopic (exact) mass is 217 g/mol. The van der Waals surface area contributed by atoms with Crippen molar-refractivity contribution in [1.82, 2.24) is 0 Å². The summed E-state index contributed by atoms with van der Waals surface area (Å²) in [7, 11) is 0. The molecular formula is C13H15NO2.